The minimum Gasteiger partial charge on any atom is -0.387 e. The topological polar surface area (TPSA) is 32.7 Å². The van der Waals surface area contributed by atoms with Crippen LogP contribution in [-0.2, 0) is 4.74 Å². The minimum atomic E-state index is -0.788. The summed E-state index contributed by atoms with van der Waals surface area (Å²) in [5.41, 5.74) is 0.365. The molecule has 0 radical (unpaired) electrons. The molecule has 1 aromatic carbocycles. The number of aliphatic hydroxyl groups excluding tert-OH is 1. The third-order valence-electron chi connectivity index (χ3n) is 3.19. The van der Waals surface area contributed by atoms with Gasteiger partial charge in [0.05, 0.1) is 18.3 Å². The van der Waals surface area contributed by atoms with Gasteiger partial charge in [-0.2, -0.15) is 0 Å². The lowest BCUT2D eigenvalue weighted by molar-refractivity contribution is -0.0768. The van der Waals surface area contributed by atoms with Gasteiger partial charge in [-0.1, -0.05) is 18.2 Å². The molecule has 1 aliphatic heterocycles. The molecule has 0 amide bonds. The lowest BCUT2D eigenvalue weighted by Crippen LogP contribution is -2.46. The predicted molar refractivity (Wildman–Crippen MR) is 67.8 cm³/mol. The summed E-state index contributed by atoms with van der Waals surface area (Å²) in [7, 11) is 0. The van der Waals surface area contributed by atoms with Gasteiger partial charge in [-0.15, -0.1) is 0 Å². The zero-order valence-corrected chi connectivity index (χ0v) is 10.8. The molecule has 1 saturated heterocycles. The number of hydrogen-bond donors (Lipinski definition) is 1. The molecule has 1 N–H and O–H groups in total. The molecule has 4 heteroatoms. The van der Waals surface area contributed by atoms with Crippen LogP contribution in [0.2, 0.25) is 0 Å². The van der Waals surface area contributed by atoms with Crippen molar-refractivity contribution in [2.75, 3.05) is 19.6 Å². The van der Waals surface area contributed by atoms with Crippen LogP contribution in [0, 0.1) is 5.82 Å². The van der Waals surface area contributed by atoms with Crippen LogP contribution in [-0.4, -0.2) is 41.8 Å². The Bertz CT molecular complexity index is 389. The second-order valence-electron chi connectivity index (χ2n) is 5.01. The summed E-state index contributed by atoms with van der Waals surface area (Å²) in [6, 6.07) is 6.38. The van der Waals surface area contributed by atoms with Crippen molar-refractivity contribution in [1.29, 1.82) is 0 Å². The second-order valence-corrected chi connectivity index (χ2v) is 5.01. The summed E-state index contributed by atoms with van der Waals surface area (Å²) in [4.78, 5) is 2.12. The fourth-order valence-corrected chi connectivity index (χ4v) is 2.52. The van der Waals surface area contributed by atoms with E-state index >= 15 is 0 Å². The normalized spacial score (nSPS) is 27.1. The van der Waals surface area contributed by atoms with E-state index in [1.165, 1.54) is 6.07 Å². The van der Waals surface area contributed by atoms with Crippen molar-refractivity contribution in [3.05, 3.63) is 35.6 Å². The van der Waals surface area contributed by atoms with Gasteiger partial charge >= 0.3 is 0 Å². The molecular weight excluding hydrogens is 233 g/mol. The number of β-amino-alcohol motifs (C(OH)–C–C–N with tert-alkyl or cyclic N) is 1. The van der Waals surface area contributed by atoms with E-state index in [1.54, 1.807) is 18.2 Å². The SMILES string of the molecule is CC1CN(CC(O)c2ccccc2F)CC(C)O1. The number of morpholine rings is 1. The van der Waals surface area contributed by atoms with Gasteiger partial charge in [0.15, 0.2) is 0 Å². The van der Waals surface area contributed by atoms with Crippen LogP contribution in [0.15, 0.2) is 24.3 Å². The van der Waals surface area contributed by atoms with Crippen LogP contribution in [0.4, 0.5) is 4.39 Å². The van der Waals surface area contributed by atoms with Crippen LogP contribution < -0.4 is 0 Å². The Labute approximate surface area is 107 Å². The summed E-state index contributed by atoms with van der Waals surface area (Å²) < 4.78 is 19.2. The third kappa shape index (κ3) is 3.28. The molecule has 1 aromatic rings. The zero-order valence-electron chi connectivity index (χ0n) is 10.8. The van der Waals surface area contributed by atoms with E-state index in [1.807, 2.05) is 13.8 Å². The van der Waals surface area contributed by atoms with Gasteiger partial charge in [0.1, 0.15) is 5.82 Å². The molecule has 0 saturated carbocycles. The maximum absolute atomic E-state index is 13.5. The number of benzene rings is 1. The van der Waals surface area contributed by atoms with E-state index in [-0.39, 0.29) is 18.0 Å². The van der Waals surface area contributed by atoms with Crippen molar-refractivity contribution in [1.82, 2.24) is 4.90 Å². The van der Waals surface area contributed by atoms with Crippen LogP contribution in [0.1, 0.15) is 25.5 Å². The summed E-state index contributed by atoms with van der Waals surface area (Å²) in [5, 5.41) is 10.1. The molecule has 1 heterocycles. The first kappa shape index (κ1) is 13.5. The Balaban J connectivity index is 1.99. The number of ether oxygens (including phenoxy) is 1. The van der Waals surface area contributed by atoms with Crippen molar-refractivity contribution in [3.63, 3.8) is 0 Å². The molecule has 100 valence electrons. The Morgan fingerprint density at radius 2 is 1.94 bits per heavy atom. The highest BCUT2D eigenvalue weighted by Gasteiger charge is 2.24. The molecule has 2 rings (SSSR count). The highest BCUT2D eigenvalue weighted by molar-refractivity contribution is 5.20. The lowest BCUT2D eigenvalue weighted by Gasteiger charge is -2.36. The second kappa shape index (κ2) is 5.78. The van der Waals surface area contributed by atoms with E-state index in [9.17, 15) is 9.50 Å². The number of halogens is 1. The van der Waals surface area contributed by atoms with E-state index in [0.717, 1.165) is 13.1 Å². The van der Waals surface area contributed by atoms with Crippen molar-refractivity contribution in [2.24, 2.45) is 0 Å². The van der Waals surface area contributed by atoms with E-state index < -0.39 is 6.10 Å². The maximum Gasteiger partial charge on any atom is 0.129 e. The van der Waals surface area contributed by atoms with Gasteiger partial charge in [0.25, 0.3) is 0 Å². The fourth-order valence-electron chi connectivity index (χ4n) is 2.52. The molecular formula is C14H20FNO2. The van der Waals surface area contributed by atoms with Crippen molar-refractivity contribution >= 4 is 0 Å². The molecule has 1 fully saturated rings. The van der Waals surface area contributed by atoms with Gasteiger partial charge in [0, 0.05) is 25.2 Å². The van der Waals surface area contributed by atoms with Gasteiger partial charge in [-0.3, -0.25) is 4.90 Å². The summed E-state index contributed by atoms with van der Waals surface area (Å²) in [5.74, 6) is -0.348. The number of nitrogens with zero attached hydrogens (tertiary/aromatic N) is 1. The number of rotatable bonds is 3. The van der Waals surface area contributed by atoms with E-state index in [4.69, 9.17) is 4.74 Å². The van der Waals surface area contributed by atoms with Gasteiger partial charge in [0.2, 0.25) is 0 Å². The van der Waals surface area contributed by atoms with Crippen LogP contribution in [0.5, 0.6) is 0 Å². The van der Waals surface area contributed by atoms with Crippen LogP contribution in [0.25, 0.3) is 0 Å². The largest absolute Gasteiger partial charge is 0.387 e. The first-order valence-electron chi connectivity index (χ1n) is 6.36. The van der Waals surface area contributed by atoms with Crippen LogP contribution in [0.3, 0.4) is 0 Å². The zero-order chi connectivity index (χ0) is 13.1. The smallest absolute Gasteiger partial charge is 0.129 e. The molecule has 3 unspecified atom stereocenters. The summed E-state index contributed by atoms with van der Waals surface area (Å²) in [6.07, 6.45) is -0.480. The van der Waals surface area contributed by atoms with Gasteiger partial charge in [-0.05, 0) is 19.9 Å². The standard InChI is InChI=1S/C14H20FNO2/c1-10-7-16(8-11(2)18-10)9-14(17)12-5-3-4-6-13(12)15/h3-6,10-11,14,17H,7-9H2,1-2H3. The maximum atomic E-state index is 13.5. The summed E-state index contributed by atoms with van der Waals surface area (Å²) >= 11 is 0. The molecule has 3 atom stereocenters. The highest BCUT2D eigenvalue weighted by atomic mass is 19.1. The molecule has 0 bridgehead atoms. The Kier molecular flexibility index (Phi) is 4.32. The van der Waals surface area contributed by atoms with Crippen molar-refractivity contribution in [2.45, 2.75) is 32.2 Å². The monoisotopic (exact) mass is 253 g/mol. The Hall–Kier alpha value is -0.970. The molecule has 3 nitrogen and oxygen atoms in total. The summed E-state index contributed by atoms with van der Waals surface area (Å²) in [6.45, 7) is 6.01. The van der Waals surface area contributed by atoms with Crippen LogP contribution >= 0.6 is 0 Å². The molecule has 0 aromatic heterocycles. The lowest BCUT2D eigenvalue weighted by atomic mass is 10.1. The molecule has 1 aliphatic rings. The molecule has 0 spiro atoms. The number of hydrogen-bond acceptors (Lipinski definition) is 3. The van der Waals surface area contributed by atoms with Crippen molar-refractivity contribution < 1.29 is 14.2 Å². The number of aliphatic hydroxyl groups is 1. The average molecular weight is 253 g/mol. The highest BCUT2D eigenvalue weighted by Crippen LogP contribution is 2.20. The first-order chi connectivity index (χ1) is 8.56. The minimum absolute atomic E-state index is 0.154. The average Bonchev–Trinajstić information content (AvgIpc) is 2.27. The Morgan fingerprint density at radius 1 is 1.33 bits per heavy atom. The molecule has 0 aliphatic carbocycles. The van der Waals surface area contributed by atoms with Crippen molar-refractivity contribution in [3.8, 4) is 0 Å². The van der Waals surface area contributed by atoms with Gasteiger partial charge in [-0.25, -0.2) is 4.39 Å². The van der Waals surface area contributed by atoms with E-state index in [0.29, 0.717) is 12.1 Å². The van der Waals surface area contributed by atoms with Gasteiger partial charge < -0.3 is 9.84 Å². The quantitative estimate of drug-likeness (QED) is 0.894. The van der Waals surface area contributed by atoms with E-state index in [2.05, 4.69) is 4.90 Å². The fraction of sp³-hybridized carbons (Fsp3) is 0.571. The predicted octanol–water partition coefficient (Wildman–Crippen LogP) is 1.97. The third-order valence-corrected chi connectivity index (χ3v) is 3.19. The molecule has 18 heavy (non-hydrogen) atoms. The first-order valence-corrected chi connectivity index (χ1v) is 6.36. The Morgan fingerprint density at radius 3 is 2.56 bits per heavy atom.